The number of benzene rings is 2. The van der Waals surface area contributed by atoms with Crippen LogP contribution >= 0.6 is 0 Å². The van der Waals surface area contributed by atoms with Crippen molar-refractivity contribution in [2.75, 3.05) is 26.7 Å². The van der Waals surface area contributed by atoms with Crippen molar-refractivity contribution in [3.05, 3.63) is 64.1 Å². The number of nitrogens with zero attached hydrogens (tertiary/aromatic N) is 2. The fourth-order valence-electron chi connectivity index (χ4n) is 4.40. The number of likely N-dealkylation sites (N-methyl/N-ethyl adjacent to an activating group) is 1. The van der Waals surface area contributed by atoms with E-state index in [1.54, 1.807) is 48.3 Å². The van der Waals surface area contributed by atoms with Crippen LogP contribution in [0.3, 0.4) is 0 Å². The van der Waals surface area contributed by atoms with Crippen LogP contribution in [0.25, 0.3) is 11.1 Å². The number of carboxylic acid groups (broad SMARTS) is 1. The van der Waals surface area contributed by atoms with Gasteiger partial charge in [0.15, 0.2) is 12.2 Å². The Morgan fingerprint density at radius 3 is 2.79 bits per heavy atom. The number of aliphatic carboxylic acids is 1. The predicted octanol–water partition coefficient (Wildman–Crippen LogP) is 1.52. The Morgan fingerprint density at radius 1 is 1.29 bits per heavy atom. The highest BCUT2D eigenvalue weighted by Gasteiger charge is 2.43. The summed E-state index contributed by atoms with van der Waals surface area (Å²) >= 11 is 0. The van der Waals surface area contributed by atoms with Gasteiger partial charge in [-0.15, -0.1) is 0 Å². The van der Waals surface area contributed by atoms with Crippen molar-refractivity contribution >= 4 is 23.0 Å². The van der Waals surface area contributed by atoms with Gasteiger partial charge in [-0.05, 0) is 48.7 Å². The highest BCUT2D eigenvalue weighted by atomic mass is 16.5. The van der Waals surface area contributed by atoms with Gasteiger partial charge in [0.2, 0.25) is 5.91 Å². The molecule has 4 rings (SSSR count). The van der Waals surface area contributed by atoms with E-state index in [9.17, 15) is 19.5 Å². The predicted molar refractivity (Wildman–Crippen MR) is 122 cm³/mol. The topological polar surface area (TPSA) is 136 Å². The molecule has 1 saturated heterocycles. The van der Waals surface area contributed by atoms with Gasteiger partial charge in [-0.3, -0.25) is 14.7 Å². The molecule has 10 heteroatoms. The third kappa shape index (κ3) is 4.68. The summed E-state index contributed by atoms with van der Waals surface area (Å²) in [6.45, 7) is 2.39. The maximum atomic E-state index is 13.4. The van der Waals surface area contributed by atoms with E-state index in [0.29, 0.717) is 41.9 Å². The van der Waals surface area contributed by atoms with Gasteiger partial charge in [0.1, 0.15) is 11.4 Å². The summed E-state index contributed by atoms with van der Waals surface area (Å²) in [7, 11) is 1.70. The number of amides is 1. The van der Waals surface area contributed by atoms with E-state index in [0.717, 1.165) is 5.56 Å². The van der Waals surface area contributed by atoms with Gasteiger partial charge in [-0.2, -0.15) is 0 Å². The molecule has 0 bridgehead atoms. The maximum Gasteiger partial charge on any atom is 0.417 e. The number of carbonyl (C=O) groups is 2. The van der Waals surface area contributed by atoms with Crippen LogP contribution in [0.5, 0.6) is 5.75 Å². The summed E-state index contributed by atoms with van der Waals surface area (Å²) in [5.41, 5.74) is 1.46. The smallest absolute Gasteiger partial charge is 0.417 e. The van der Waals surface area contributed by atoms with Crippen LogP contribution < -0.4 is 10.5 Å². The summed E-state index contributed by atoms with van der Waals surface area (Å²) in [6.07, 6.45) is 0.160. The molecule has 180 valence electrons. The first-order valence-corrected chi connectivity index (χ1v) is 10.9. The van der Waals surface area contributed by atoms with E-state index in [1.807, 2.05) is 17.9 Å². The minimum absolute atomic E-state index is 0.0842. The van der Waals surface area contributed by atoms with Crippen molar-refractivity contribution in [3.8, 4) is 5.75 Å². The number of aliphatic hydroxyl groups is 1. The number of aromatic amines is 1. The third-order valence-electron chi connectivity index (χ3n) is 6.39. The van der Waals surface area contributed by atoms with Crippen LogP contribution in [-0.4, -0.2) is 69.7 Å². The molecule has 3 aromatic rings. The first-order chi connectivity index (χ1) is 16.2. The molecule has 2 unspecified atom stereocenters. The van der Waals surface area contributed by atoms with E-state index >= 15 is 0 Å². The van der Waals surface area contributed by atoms with Gasteiger partial charge >= 0.3 is 11.7 Å². The Morgan fingerprint density at radius 2 is 2.09 bits per heavy atom. The SMILES string of the molecule is CN(C(=O)Cc1ccc2oc(=O)[nH]c2c1)C(C)(c1cccc(OCC(=O)O)c1)N1CCC(O)C1. The monoisotopic (exact) mass is 469 g/mol. The van der Waals surface area contributed by atoms with Crippen LogP contribution in [0, 0.1) is 0 Å². The number of aromatic nitrogens is 1. The average molecular weight is 469 g/mol. The lowest BCUT2D eigenvalue weighted by atomic mass is 9.96. The Hall–Kier alpha value is -3.63. The van der Waals surface area contributed by atoms with Crippen molar-refractivity contribution < 1.29 is 29.0 Å². The first kappa shape index (κ1) is 23.5. The van der Waals surface area contributed by atoms with Gasteiger partial charge in [-0.25, -0.2) is 9.59 Å². The van der Waals surface area contributed by atoms with Gasteiger partial charge in [0, 0.05) is 20.1 Å². The normalized spacial score (nSPS) is 18.0. The lowest BCUT2D eigenvalue weighted by molar-refractivity contribution is -0.143. The van der Waals surface area contributed by atoms with Crippen molar-refractivity contribution in [1.82, 2.24) is 14.8 Å². The molecule has 1 amide bonds. The van der Waals surface area contributed by atoms with E-state index in [2.05, 4.69) is 4.98 Å². The van der Waals surface area contributed by atoms with Crippen LogP contribution in [0.4, 0.5) is 0 Å². The number of fused-ring (bicyclic) bond motifs is 1. The number of nitrogens with one attached hydrogen (secondary N) is 1. The molecule has 10 nitrogen and oxygen atoms in total. The second-order valence-electron chi connectivity index (χ2n) is 8.59. The Bertz CT molecular complexity index is 1270. The van der Waals surface area contributed by atoms with Gasteiger partial charge in [-0.1, -0.05) is 18.2 Å². The molecule has 2 heterocycles. The molecule has 1 fully saturated rings. The molecule has 0 spiro atoms. The molecular weight excluding hydrogens is 442 g/mol. The standard InChI is InChI=1S/C24H27N3O7/c1-24(27-9-8-17(28)13-27,16-4-3-5-18(12-16)33-14-22(30)31)26(2)21(29)11-15-6-7-20-19(10-15)25-23(32)34-20/h3-7,10,12,17,28H,8-9,11,13-14H2,1-2H3,(H,25,32)(H,30,31). The van der Waals surface area contributed by atoms with Crippen LogP contribution in [-0.2, 0) is 21.7 Å². The number of ether oxygens (including phenoxy) is 1. The molecule has 0 radical (unpaired) electrons. The lowest BCUT2D eigenvalue weighted by Gasteiger charge is -2.46. The summed E-state index contributed by atoms with van der Waals surface area (Å²) < 4.78 is 10.4. The Labute approximate surface area is 195 Å². The number of carbonyl (C=O) groups excluding carboxylic acids is 1. The van der Waals surface area contributed by atoms with Crippen molar-refractivity contribution in [1.29, 1.82) is 0 Å². The number of hydrogen-bond acceptors (Lipinski definition) is 7. The zero-order valence-electron chi connectivity index (χ0n) is 19.0. The van der Waals surface area contributed by atoms with E-state index in [-0.39, 0.29) is 12.3 Å². The molecule has 3 N–H and O–H groups in total. The number of β-amino-alcohol motifs (C(OH)–C–C–N with tert-alkyl or cyclic N) is 1. The van der Waals surface area contributed by atoms with Crippen molar-refractivity contribution in [2.24, 2.45) is 0 Å². The highest BCUT2D eigenvalue weighted by Crippen LogP contribution is 2.36. The van der Waals surface area contributed by atoms with E-state index in [1.165, 1.54) is 0 Å². The molecule has 2 atom stereocenters. The molecule has 1 aliphatic rings. The fourth-order valence-corrected chi connectivity index (χ4v) is 4.40. The fraction of sp³-hybridized carbons (Fsp3) is 0.375. The molecule has 2 aromatic carbocycles. The maximum absolute atomic E-state index is 13.4. The second kappa shape index (κ2) is 9.32. The molecule has 1 aliphatic heterocycles. The number of aliphatic hydroxyl groups excluding tert-OH is 1. The summed E-state index contributed by atoms with van der Waals surface area (Å²) in [6, 6.07) is 12.1. The Balaban J connectivity index is 1.64. The molecule has 0 saturated carbocycles. The number of oxazole rings is 1. The number of carboxylic acids is 1. The van der Waals surface area contributed by atoms with Gasteiger partial charge < -0.3 is 24.3 Å². The number of H-pyrrole nitrogens is 1. The summed E-state index contributed by atoms with van der Waals surface area (Å²) in [5.74, 6) is -1.44. The first-order valence-electron chi connectivity index (χ1n) is 10.9. The molecule has 1 aromatic heterocycles. The van der Waals surface area contributed by atoms with Gasteiger partial charge in [0.25, 0.3) is 0 Å². The van der Waals surface area contributed by atoms with E-state index in [4.69, 9.17) is 14.3 Å². The molecular formula is C24H27N3O7. The second-order valence-corrected chi connectivity index (χ2v) is 8.59. The highest BCUT2D eigenvalue weighted by molar-refractivity contribution is 5.81. The zero-order chi connectivity index (χ0) is 24.5. The quantitative estimate of drug-likeness (QED) is 0.452. The average Bonchev–Trinajstić information content (AvgIpc) is 3.41. The van der Waals surface area contributed by atoms with Crippen LogP contribution in [0.1, 0.15) is 24.5 Å². The molecule has 34 heavy (non-hydrogen) atoms. The van der Waals surface area contributed by atoms with E-state index < -0.39 is 30.1 Å². The third-order valence-corrected chi connectivity index (χ3v) is 6.39. The number of hydrogen-bond donors (Lipinski definition) is 3. The largest absolute Gasteiger partial charge is 0.482 e. The van der Waals surface area contributed by atoms with Crippen molar-refractivity contribution in [2.45, 2.75) is 31.5 Å². The van der Waals surface area contributed by atoms with Crippen molar-refractivity contribution in [3.63, 3.8) is 0 Å². The summed E-state index contributed by atoms with van der Waals surface area (Å²) in [5, 5.41) is 19.1. The number of likely N-dealkylation sites (tertiary alicyclic amines) is 1. The molecule has 0 aliphatic carbocycles. The minimum atomic E-state index is -1.08. The minimum Gasteiger partial charge on any atom is -0.482 e. The Kier molecular flexibility index (Phi) is 6.45. The van der Waals surface area contributed by atoms with Gasteiger partial charge in [0.05, 0.1) is 18.0 Å². The number of rotatable bonds is 8. The summed E-state index contributed by atoms with van der Waals surface area (Å²) in [4.78, 5) is 42.0. The van der Waals surface area contributed by atoms with Crippen LogP contribution in [0.2, 0.25) is 0 Å². The lowest BCUT2D eigenvalue weighted by Crippen LogP contribution is -2.56. The zero-order valence-corrected chi connectivity index (χ0v) is 19.0. The van der Waals surface area contributed by atoms with Crippen LogP contribution in [0.15, 0.2) is 51.7 Å².